The van der Waals surface area contributed by atoms with E-state index in [1.165, 1.54) is 12.1 Å². The second-order valence-electron chi connectivity index (χ2n) is 6.89. The van der Waals surface area contributed by atoms with Gasteiger partial charge in [-0.3, -0.25) is 9.89 Å². The molecule has 0 amide bonds. The van der Waals surface area contributed by atoms with Gasteiger partial charge in [-0.05, 0) is 12.1 Å². The zero-order chi connectivity index (χ0) is 22.1. The summed E-state index contributed by atoms with van der Waals surface area (Å²) < 4.78 is 41.8. The number of aromatic nitrogens is 2. The highest BCUT2D eigenvalue weighted by Gasteiger charge is 2.32. The quantitative estimate of drug-likeness (QED) is 0.506. The smallest absolute Gasteiger partial charge is 0.405 e. The van der Waals surface area contributed by atoms with Crippen molar-refractivity contribution < 1.29 is 17.9 Å². The van der Waals surface area contributed by atoms with Crippen LogP contribution in [0.3, 0.4) is 0 Å². The van der Waals surface area contributed by atoms with Crippen LogP contribution in [0.25, 0.3) is 0 Å². The maximum atomic E-state index is 12.6. The molecular weight excluding hydrogens is 411 g/mol. The van der Waals surface area contributed by atoms with E-state index in [-0.39, 0.29) is 12.3 Å². The lowest BCUT2D eigenvalue weighted by Gasteiger charge is -2.34. The number of guanidine groups is 1. The van der Waals surface area contributed by atoms with Gasteiger partial charge in [-0.15, -0.1) is 13.2 Å². The molecule has 1 aliphatic heterocycles. The molecule has 3 rings (SSSR count). The van der Waals surface area contributed by atoms with Crippen molar-refractivity contribution >= 4 is 11.9 Å². The standard InChI is InChI=1S/C20H26F3N7O/c1-24-18(28-15-16-5-2-3-6-17(16)31-20(21,22)23)25-9-10-29-11-13-30(14-12-29)19-26-7-4-8-27-19/h2-8H,9-15H2,1H3,(H2,24,25,28). The van der Waals surface area contributed by atoms with Crippen LogP contribution < -0.4 is 20.3 Å². The van der Waals surface area contributed by atoms with Crippen LogP contribution in [-0.4, -0.2) is 73.5 Å². The van der Waals surface area contributed by atoms with Gasteiger partial charge in [0.05, 0.1) is 0 Å². The van der Waals surface area contributed by atoms with Crippen molar-refractivity contribution in [2.24, 2.45) is 4.99 Å². The number of rotatable bonds is 7. The number of benzene rings is 1. The number of alkyl halides is 3. The molecule has 0 unspecified atom stereocenters. The third-order valence-corrected chi connectivity index (χ3v) is 4.80. The van der Waals surface area contributed by atoms with Gasteiger partial charge >= 0.3 is 6.36 Å². The van der Waals surface area contributed by atoms with Crippen LogP contribution in [0.1, 0.15) is 5.56 Å². The van der Waals surface area contributed by atoms with Crippen LogP contribution in [0.4, 0.5) is 19.1 Å². The van der Waals surface area contributed by atoms with Crippen molar-refractivity contribution in [2.75, 3.05) is 51.2 Å². The van der Waals surface area contributed by atoms with Gasteiger partial charge in [0, 0.05) is 70.8 Å². The molecule has 0 radical (unpaired) electrons. The third-order valence-electron chi connectivity index (χ3n) is 4.80. The Morgan fingerprint density at radius 1 is 1.06 bits per heavy atom. The van der Waals surface area contributed by atoms with E-state index in [1.54, 1.807) is 37.6 Å². The minimum Gasteiger partial charge on any atom is -0.405 e. The van der Waals surface area contributed by atoms with E-state index >= 15 is 0 Å². The fraction of sp³-hybridized carbons (Fsp3) is 0.450. The van der Waals surface area contributed by atoms with E-state index in [2.05, 4.69) is 40.1 Å². The Hall–Kier alpha value is -3.08. The molecule has 31 heavy (non-hydrogen) atoms. The van der Waals surface area contributed by atoms with Gasteiger partial charge in [0.1, 0.15) is 5.75 Å². The molecule has 2 aromatic rings. The molecule has 1 aromatic carbocycles. The Morgan fingerprint density at radius 3 is 2.45 bits per heavy atom. The van der Waals surface area contributed by atoms with Crippen LogP contribution in [0.2, 0.25) is 0 Å². The number of ether oxygens (including phenoxy) is 1. The van der Waals surface area contributed by atoms with E-state index in [0.717, 1.165) is 38.7 Å². The zero-order valence-electron chi connectivity index (χ0n) is 17.3. The second-order valence-corrected chi connectivity index (χ2v) is 6.89. The van der Waals surface area contributed by atoms with Gasteiger partial charge in [0.2, 0.25) is 5.95 Å². The van der Waals surface area contributed by atoms with E-state index in [0.29, 0.717) is 18.1 Å². The highest BCUT2D eigenvalue weighted by Crippen LogP contribution is 2.26. The molecule has 0 saturated carbocycles. The summed E-state index contributed by atoms with van der Waals surface area (Å²) >= 11 is 0. The maximum absolute atomic E-state index is 12.6. The molecule has 2 N–H and O–H groups in total. The Kier molecular flexibility index (Phi) is 7.88. The minimum absolute atomic E-state index is 0.154. The molecule has 8 nitrogen and oxygen atoms in total. The molecule has 168 valence electrons. The fourth-order valence-corrected chi connectivity index (χ4v) is 3.23. The van der Waals surface area contributed by atoms with Crippen LogP contribution in [0.5, 0.6) is 5.75 Å². The largest absolute Gasteiger partial charge is 0.573 e. The highest BCUT2D eigenvalue weighted by molar-refractivity contribution is 5.79. The summed E-state index contributed by atoms with van der Waals surface area (Å²) in [6, 6.07) is 7.84. The summed E-state index contributed by atoms with van der Waals surface area (Å²) in [7, 11) is 1.62. The number of piperazine rings is 1. The first-order valence-corrected chi connectivity index (χ1v) is 9.97. The van der Waals surface area contributed by atoms with Crippen LogP contribution in [0.15, 0.2) is 47.7 Å². The van der Waals surface area contributed by atoms with Crippen molar-refractivity contribution in [1.82, 2.24) is 25.5 Å². The van der Waals surface area contributed by atoms with Gasteiger partial charge in [-0.1, -0.05) is 18.2 Å². The predicted octanol–water partition coefficient (Wildman–Crippen LogP) is 1.86. The molecule has 1 aromatic heterocycles. The topological polar surface area (TPSA) is 77.9 Å². The Labute approximate surface area is 179 Å². The van der Waals surface area contributed by atoms with Gasteiger partial charge in [0.25, 0.3) is 0 Å². The average Bonchev–Trinajstić information content (AvgIpc) is 2.77. The molecule has 0 bridgehead atoms. The maximum Gasteiger partial charge on any atom is 0.573 e. The van der Waals surface area contributed by atoms with Crippen LogP contribution in [0, 0.1) is 0 Å². The normalized spacial score (nSPS) is 15.6. The highest BCUT2D eigenvalue weighted by atomic mass is 19.4. The van der Waals surface area contributed by atoms with Crippen molar-refractivity contribution in [3.05, 3.63) is 48.3 Å². The number of para-hydroxylation sites is 1. The SMILES string of the molecule is CN=C(NCCN1CCN(c2ncccn2)CC1)NCc1ccccc1OC(F)(F)F. The van der Waals surface area contributed by atoms with Gasteiger partial charge in [-0.25, -0.2) is 9.97 Å². The lowest BCUT2D eigenvalue weighted by atomic mass is 10.2. The summed E-state index contributed by atoms with van der Waals surface area (Å²) in [5.74, 6) is 1.04. The summed E-state index contributed by atoms with van der Waals surface area (Å²) in [4.78, 5) is 17.2. The third kappa shape index (κ3) is 7.28. The molecule has 11 heteroatoms. The van der Waals surface area contributed by atoms with Crippen LogP contribution >= 0.6 is 0 Å². The lowest BCUT2D eigenvalue weighted by molar-refractivity contribution is -0.274. The predicted molar refractivity (Wildman–Crippen MR) is 112 cm³/mol. The monoisotopic (exact) mass is 437 g/mol. The zero-order valence-corrected chi connectivity index (χ0v) is 17.3. The molecule has 2 heterocycles. The van der Waals surface area contributed by atoms with Gasteiger partial charge < -0.3 is 20.3 Å². The van der Waals surface area contributed by atoms with E-state index in [1.807, 2.05) is 0 Å². The molecule has 1 fully saturated rings. The average molecular weight is 437 g/mol. The Morgan fingerprint density at radius 2 is 1.77 bits per heavy atom. The van der Waals surface area contributed by atoms with E-state index in [4.69, 9.17) is 0 Å². The molecule has 0 aliphatic carbocycles. The first kappa shape index (κ1) is 22.6. The van der Waals surface area contributed by atoms with Gasteiger partial charge in [-0.2, -0.15) is 0 Å². The number of nitrogens with one attached hydrogen (secondary N) is 2. The second kappa shape index (κ2) is 10.8. The van der Waals surface area contributed by atoms with Crippen molar-refractivity contribution in [3.63, 3.8) is 0 Å². The van der Waals surface area contributed by atoms with Crippen LogP contribution in [-0.2, 0) is 6.54 Å². The number of anilines is 1. The van der Waals surface area contributed by atoms with Gasteiger partial charge in [0.15, 0.2) is 5.96 Å². The molecular formula is C20H26F3N7O. The number of halogens is 3. The number of hydrogen-bond donors (Lipinski definition) is 2. The van der Waals surface area contributed by atoms with Crippen molar-refractivity contribution in [3.8, 4) is 5.75 Å². The number of aliphatic imine (C=N–C) groups is 1. The van der Waals surface area contributed by atoms with Crippen molar-refractivity contribution in [1.29, 1.82) is 0 Å². The summed E-state index contributed by atoms with van der Waals surface area (Å²) in [6.07, 6.45) is -1.25. The minimum atomic E-state index is -4.73. The molecule has 0 atom stereocenters. The Bertz CT molecular complexity index is 840. The van der Waals surface area contributed by atoms with E-state index in [9.17, 15) is 13.2 Å². The fourth-order valence-electron chi connectivity index (χ4n) is 3.23. The molecule has 1 aliphatic rings. The summed E-state index contributed by atoms with van der Waals surface area (Å²) in [5, 5.41) is 6.22. The summed E-state index contributed by atoms with van der Waals surface area (Å²) in [6.45, 7) is 5.13. The molecule has 1 saturated heterocycles. The van der Waals surface area contributed by atoms with Crippen molar-refractivity contribution in [2.45, 2.75) is 12.9 Å². The number of hydrogen-bond acceptors (Lipinski definition) is 6. The molecule has 0 spiro atoms. The Balaban J connectivity index is 1.40. The summed E-state index contributed by atoms with van der Waals surface area (Å²) in [5.41, 5.74) is 0.391. The first-order valence-electron chi connectivity index (χ1n) is 9.97. The van der Waals surface area contributed by atoms with E-state index < -0.39 is 6.36 Å². The lowest BCUT2D eigenvalue weighted by Crippen LogP contribution is -2.49. The number of nitrogens with zero attached hydrogens (tertiary/aromatic N) is 5. The first-order chi connectivity index (χ1) is 14.9.